The van der Waals surface area contributed by atoms with Gasteiger partial charge in [0.05, 0.1) is 24.4 Å². The van der Waals surface area contributed by atoms with Crippen LogP contribution in [0.4, 0.5) is 8.78 Å². The Labute approximate surface area is 302 Å². The third-order valence-corrected chi connectivity index (χ3v) is 17.1. The maximum Gasteiger partial charge on any atom is 0.139 e. The molecule has 0 aromatic carbocycles. The van der Waals surface area contributed by atoms with E-state index in [-0.39, 0.29) is 36.5 Å². The maximum atomic E-state index is 16.3. The van der Waals surface area contributed by atoms with Crippen molar-refractivity contribution in [3.63, 3.8) is 0 Å². The van der Waals surface area contributed by atoms with E-state index in [4.69, 9.17) is 9.47 Å². The molecule has 8 saturated carbocycles. The zero-order valence-electron chi connectivity index (χ0n) is 31.2. The predicted molar refractivity (Wildman–Crippen MR) is 194 cm³/mol. The lowest BCUT2D eigenvalue weighted by molar-refractivity contribution is -0.176. The maximum absolute atomic E-state index is 16.3. The van der Waals surface area contributed by atoms with Gasteiger partial charge in [-0.3, -0.25) is 4.79 Å². The zero-order chi connectivity index (χ0) is 35.0. The van der Waals surface area contributed by atoms with Crippen LogP contribution in [0.15, 0.2) is 11.6 Å². The minimum atomic E-state index is -1.14. The van der Waals surface area contributed by atoms with E-state index in [0.29, 0.717) is 93.0 Å². The van der Waals surface area contributed by atoms with E-state index < -0.39 is 22.5 Å². The number of hydrogen-bond donors (Lipinski definition) is 2. The third-order valence-electron chi connectivity index (χ3n) is 17.1. The second-order valence-corrected chi connectivity index (χ2v) is 19.1. The number of hydrogen-bond acceptors (Lipinski definition) is 5. The molecule has 50 heavy (non-hydrogen) atoms. The summed E-state index contributed by atoms with van der Waals surface area (Å²) >= 11 is 0. The Hall–Kier alpha value is -0.890. The minimum absolute atomic E-state index is 0. The fourth-order valence-corrected chi connectivity index (χ4v) is 14.6. The quantitative estimate of drug-likeness (QED) is 0.285. The first kappa shape index (κ1) is 38.8. The van der Waals surface area contributed by atoms with Gasteiger partial charge in [-0.05, 0) is 169 Å². The average Bonchev–Trinajstić information content (AvgIpc) is 3.57. The molecule has 5 nitrogen and oxygen atoms in total. The lowest BCUT2D eigenvalue weighted by Gasteiger charge is -2.59. The SMILES string of the molecule is C.CC=C1CC[C@H]2[C@@H]3CC[C@@H]4C[C@@](O)(COC)CC[C@]4(F)C3CC[C@]12C.COC[C@@]1(O)CC[C@]2(F)C3CC[C@]4(C)C(=O)CC[C@H]4[C@@H]3CC[C@@H]2C1. The molecule has 0 amide bonds. The standard InChI is InChI=1S/C22H35FO2.C20H31FO3.CH4/c1-4-15-6-8-18-17-7-5-16-13-21(24,14-25-3)11-12-22(16,23)19(17)9-10-20(15,18)2;1-18-8-7-16-14(15(18)5-6-17(18)22)4-3-13-11-19(23,12-24-2)9-10-20(13,16)21;/h4,16-19,24H,5-14H2,1-3H3;13-16,23H,3-12H2,1-2H3;1H4/t16-,17+,18+,19?,20-,21-,22-;13-,14+,15+,16?,18+,19-,20-;/m11./s1. The molecule has 0 saturated heterocycles. The number of methoxy groups -OCH3 is 2. The summed E-state index contributed by atoms with van der Waals surface area (Å²) in [6.45, 7) is 7.42. The zero-order valence-corrected chi connectivity index (χ0v) is 31.2. The highest BCUT2D eigenvalue weighted by Gasteiger charge is 2.64. The summed E-state index contributed by atoms with van der Waals surface area (Å²) in [5, 5.41) is 21.5. The van der Waals surface area contributed by atoms with E-state index in [1.807, 2.05) is 0 Å². The van der Waals surface area contributed by atoms with Crippen molar-refractivity contribution in [2.45, 2.75) is 166 Å². The van der Waals surface area contributed by atoms with Crippen LogP contribution in [0.3, 0.4) is 0 Å². The van der Waals surface area contributed by atoms with Crippen molar-refractivity contribution in [1.82, 2.24) is 0 Å². The van der Waals surface area contributed by atoms with Crippen LogP contribution in [-0.2, 0) is 14.3 Å². The molecule has 14 atom stereocenters. The van der Waals surface area contributed by atoms with Crippen molar-refractivity contribution in [2.75, 3.05) is 27.4 Å². The molecule has 7 heteroatoms. The Morgan fingerprint density at radius 3 is 1.60 bits per heavy atom. The Balaban J connectivity index is 0.000000170. The van der Waals surface area contributed by atoms with Crippen LogP contribution in [0.5, 0.6) is 0 Å². The number of Topliss-reactive ketones (excluding diaryl/α,β-unsaturated/α-hetero) is 1. The number of ether oxygens (including phenoxy) is 2. The van der Waals surface area contributed by atoms with E-state index in [0.717, 1.165) is 57.8 Å². The normalized spacial score (nSPS) is 53.0. The van der Waals surface area contributed by atoms with E-state index in [1.54, 1.807) is 19.8 Å². The molecule has 8 rings (SSSR count). The van der Waals surface area contributed by atoms with Crippen LogP contribution in [-0.4, -0.2) is 66.0 Å². The summed E-state index contributed by atoms with van der Waals surface area (Å²) in [4.78, 5) is 12.4. The molecule has 286 valence electrons. The molecule has 0 radical (unpaired) electrons. The number of carbonyl (C=O) groups is 1. The summed E-state index contributed by atoms with van der Waals surface area (Å²) in [5.41, 5.74) is -2.09. The Kier molecular flexibility index (Phi) is 10.7. The van der Waals surface area contributed by atoms with Crippen molar-refractivity contribution in [3.8, 4) is 0 Å². The molecule has 0 aromatic heterocycles. The third kappa shape index (κ3) is 6.01. The van der Waals surface area contributed by atoms with Gasteiger partial charge in [-0.1, -0.05) is 32.9 Å². The number of rotatable bonds is 4. The Morgan fingerprint density at radius 2 is 1.12 bits per heavy atom. The van der Waals surface area contributed by atoms with Crippen molar-refractivity contribution in [1.29, 1.82) is 0 Å². The summed E-state index contributed by atoms with van der Waals surface area (Å²) < 4.78 is 42.9. The van der Waals surface area contributed by atoms with Gasteiger partial charge in [0.1, 0.15) is 17.1 Å². The van der Waals surface area contributed by atoms with Crippen LogP contribution >= 0.6 is 0 Å². The number of fused-ring (bicyclic) bond motifs is 10. The molecule has 0 aromatic rings. The van der Waals surface area contributed by atoms with E-state index in [9.17, 15) is 15.0 Å². The van der Waals surface area contributed by atoms with E-state index in [1.165, 1.54) is 12.8 Å². The minimum Gasteiger partial charge on any atom is -0.387 e. The number of aliphatic hydroxyl groups is 2. The second-order valence-electron chi connectivity index (χ2n) is 19.1. The fraction of sp³-hybridized carbons (Fsp3) is 0.930. The van der Waals surface area contributed by atoms with Gasteiger partial charge < -0.3 is 19.7 Å². The lowest BCUT2D eigenvalue weighted by Crippen LogP contribution is -2.59. The van der Waals surface area contributed by atoms with Crippen LogP contribution in [0.2, 0.25) is 0 Å². The number of ketones is 1. The van der Waals surface area contributed by atoms with Gasteiger partial charge in [0.15, 0.2) is 0 Å². The van der Waals surface area contributed by atoms with Gasteiger partial charge in [0.2, 0.25) is 0 Å². The smallest absolute Gasteiger partial charge is 0.139 e. The summed E-state index contributed by atoms with van der Waals surface area (Å²) in [7, 11) is 3.23. The molecule has 2 unspecified atom stereocenters. The van der Waals surface area contributed by atoms with Crippen LogP contribution in [0.25, 0.3) is 0 Å². The number of alkyl halides is 2. The molecule has 0 heterocycles. The van der Waals surface area contributed by atoms with Gasteiger partial charge in [-0.15, -0.1) is 0 Å². The molecule has 8 fully saturated rings. The van der Waals surface area contributed by atoms with Crippen LogP contribution in [0, 0.1) is 58.2 Å². The largest absolute Gasteiger partial charge is 0.387 e. The van der Waals surface area contributed by atoms with Gasteiger partial charge >= 0.3 is 0 Å². The first-order valence-corrected chi connectivity index (χ1v) is 20.2. The Bertz CT molecular complexity index is 1290. The summed E-state index contributed by atoms with van der Waals surface area (Å²) in [5.74, 6) is 2.67. The van der Waals surface area contributed by atoms with Crippen LogP contribution < -0.4 is 0 Å². The lowest BCUT2D eigenvalue weighted by atomic mass is 9.48. The first-order valence-electron chi connectivity index (χ1n) is 20.2. The monoisotopic (exact) mass is 705 g/mol. The molecular weight excluding hydrogens is 634 g/mol. The fourth-order valence-electron chi connectivity index (χ4n) is 14.6. The molecule has 8 aliphatic rings. The van der Waals surface area contributed by atoms with Gasteiger partial charge in [-0.25, -0.2) is 8.78 Å². The van der Waals surface area contributed by atoms with Crippen molar-refractivity contribution < 1.29 is 33.3 Å². The average molecular weight is 705 g/mol. The predicted octanol–water partition coefficient (Wildman–Crippen LogP) is 9.37. The molecular formula is C43H70F2O5. The topological polar surface area (TPSA) is 76.0 Å². The van der Waals surface area contributed by atoms with Gasteiger partial charge in [-0.2, -0.15) is 0 Å². The number of allylic oxidation sites excluding steroid dienone is 2. The van der Waals surface area contributed by atoms with Crippen molar-refractivity contribution >= 4 is 5.78 Å². The summed E-state index contributed by atoms with van der Waals surface area (Å²) in [6.07, 6.45) is 17.5. The van der Waals surface area contributed by atoms with Crippen molar-refractivity contribution in [2.24, 2.45) is 58.2 Å². The second kappa shape index (κ2) is 13.8. The molecule has 0 aliphatic heterocycles. The summed E-state index contributed by atoms with van der Waals surface area (Å²) in [6, 6.07) is 0. The molecule has 0 bridgehead atoms. The first-order chi connectivity index (χ1) is 23.2. The number of carbonyl (C=O) groups excluding carboxylic acids is 1. The molecule has 8 aliphatic carbocycles. The highest BCUT2D eigenvalue weighted by molar-refractivity contribution is 5.87. The molecule has 2 N–H and O–H groups in total. The van der Waals surface area contributed by atoms with Crippen LogP contribution in [0.1, 0.15) is 144 Å². The number of halogens is 2. The highest BCUT2D eigenvalue weighted by atomic mass is 19.1. The van der Waals surface area contributed by atoms with Gasteiger partial charge in [0, 0.05) is 26.1 Å². The van der Waals surface area contributed by atoms with E-state index in [2.05, 4.69) is 26.8 Å². The Morgan fingerprint density at radius 1 is 0.660 bits per heavy atom. The van der Waals surface area contributed by atoms with Crippen molar-refractivity contribution in [3.05, 3.63) is 11.6 Å². The highest BCUT2D eigenvalue weighted by Crippen LogP contribution is 2.67. The van der Waals surface area contributed by atoms with E-state index >= 15 is 8.78 Å². The molecule has 0 spiro atoms. The van der Waals surface area contributed by atoms with Gasteiger partial charge in [0.25, 0.3) is 0 Å².